The molecule has 0 aliphatic heterocycles. The lowest BCUT2D eigenvalue weighted by atomic mass is 10.0. The molecule has 0 saturated carbocycles. The van der Waals surface area contributed by atoms with E-state index in [0.717, 1.165) is 41.3 Å². The topological polar surface area (TPSA) is 128 Å². The van der Waals surface area contributed by atoms with Gasteiger partial charge in [0.2, 0.25) is 5.91 Å². The highest BCUT2D eigenvalue weighted by molar-refractivity contribution is 7.92. The number of esters is 1. The molecule has 11 heteroatoms. The number of halogens is 2. The average molecular weight is 700 g/mol. The fourth-order valence-corrected chi connectivity index (χ4v) is 7.96. The van der Waals surface area contributed by atoms with Crippen LogP contribution >= 0.6 is 0 Å². The van der Waals surface area contributed by atoms with Gasteiger partial charge in [0.1, 0.15) is 23.8 Å². The van der Waals surface area contributed by atoms with Gasteiger partial charge in [-0.15, -0.1) is 0 Å². The second-order valence-corrected chi connectivity index (χ2v) is 14.9. The van der Waals surface area contributed by atoms with Gasteiger partial charge in [0, 0.05) is 31.6 Å². The number of nitrogens with one attached hydrogen (secondary N) is 2. The molecule has 0 heterocycles. The minimum absolute atomic E-state index is 0.0267. The molecule has 0 saturated heterocycles. The highest BCUT2D eigenvalue weighted by Gasteiger charge is 2.35. The molecule has 0 aromatic heterocycles. The summed E-state index contributed by atoms with van der Waals surface area (Å²) >= 11 is 0. The van der Waals surface area contributed by atoms with E-state index in [-0.39, 0.29) is 24.9 Å². The largest absolute Gasteiger partial charge is 0.458 e. The maximum Gasteiger partial charge on any atom is 0.330 e. The van der Waals surface area contributed by atoms with Crippen LogP contribution < -0.4 is 16.4 Å². The molecule has 0 aliphatic carbocycles. The Morgan fingerprint density at radius 1 is 0.837 bits per heavy atom. The lowest BCUT2D eigenvalue weighted by Gasteiger charge is -2.28. The molecular weight excluding hydrogens is 648 g/mol. The Labute approximate surface area is 290 Å². The van der Waals surface area contributed by atoms with Crippen molar-refractivity contribution in [2.24, 2.45) is 5.73 Å². The summed E-state index contributed by atoms with van der Waals surface area (Å²) in [6.07, 6.45) is 2.40. The summed E-state index contributed by atoms with van der Waals surface area (Å²) < 4.78 is 61.2. The number of sulfone groups is 1. The van der Waals surface area contributed by atoms with E-state index in [4.69, 9.17) is 10.5 Å². The van der Waals surface area contributed by atoms with E-state index >= 15 is 0 Å². The molecule has 268 valence electrons. The Morgan fingerprint density at radius 3 is 2.10 bits per heavy atom. The Balaban J connectivity index is 1.85. The summed E-state index contributed by atoms with van der Waals surface area (Å²) in [5.41, 5.74) is 9.87. The zero-order valence-corrected chi connectivity index (χ0v) is 29.6. The van der Waals surface area contributed by atoms with Crippen LogP contribution in [0.5, 0.6) is 0 Å². The standard InChI is InChI=1S/C38H51F2N3O5S/c1-4-11-33(12-5-2)49(46,47)26-35(43-37(44)18-17-28-13-8-7-9-14-28)38(45)48-36(25-42-24-29-16-10-15-27(6-3)19-29)34(41)22-30-20-31(39)23-32(40)21-30/h7-10,13-16,19-21,23,33-36,42H,4-6,11-12,17-18,22,24-26,41H2,1-3H3,(H,43,44)/t34-,35-,36+/m0/s1. The highest BCUT2D eigenvalue weighted by Crippen LogP contribution is 2.19. The number of aryl methyl sites for hydroxylation is 2. The first-order valence-electron chi connectivity index (χ1n) is 17.2. The third kappa shape index (κ3) is 13.6. The zero-order chi connectivity index (χ0) is 35.8. The molecule has 3 rings (SSSR count). The summed E-state index contributed by atoms with van der Waals surface area (Å²) in [5.74, 6) is -3.58. The van der Waals surface area contributed by atoms with Crippen molar-refractivity contribution in [2.45, 2.75) is 102 Å². The van der Waals surface area contributed by atoms with E-state index in [1.54, 1.807) is 0 Å². The molecule has 0 radical (unpaired) electrons. The third-order valence-electron chi connectivity index (χ3n) is 8.44. The van der Waals surface area contributed by atoms with Crippen LogP contribution in [0.3, 0.4) is 0 Å². The summed E-state index contributed by atoms with van der Waals surface area (Å²) in [6, 6.07) is 18.0. The lowest BCUT2D eigenvalue weighted by molar-refractivity contribution is -0.153. The first-order valence-corrected chi connectivity index (χ1v) is 18.9. The Morgan fingerprint density at radius 2 is 1.47 bits per heavy atom. The van der Waals surface area contributed by atoms with E-state index < -0.39 is 62.5 Å². The minimum atomic E-state index is -3.82. The van der Waals surface area contributed by atoms with Gasteiger partial charge in [-0.2, -0.15) is 0 Å². The molecule has 3 aromatic rings. The monoisotopic (exact) mass is 699 g/mol. The van der Waals surface area contributed by atoms with Gasteiger partial charge < -0.3 is 21.1 Å². The van der Waals surface area contributed by atoms with Crippen molar-refractivity contribution >= 4 is 21.7 Å². The van der Waals surface area contributed by atoms with Crippen LogP contribution in [0.15, 0.2) is 72.8 Å². The van der Waals surface area contributed by atoms with Crippen molar-refractivity contribution in [1.29, 1.82) is 0 Å². The quantitative estimate of drug-likeness (QED) is 0.124. The van der Waals surface area contributed by atoms with Crippen LogP contribution in [0.1, 0.15) is 75.1 Å². The number of rotatable bonds is 21. The highest BCUT2D eigenvalue weighted by atomic mass is 32.2. The molecule has 4 N–H and O–H groups in total. The number of benzene rings is 3. The number of carbonyl (C=O) groups excluding carboxylic acids is 2. The van der Waals surface area contributed by atoms with Gasteiger partial charge >= 0.3 is 5.97 Å². The molecule has 8 nitrogen and oxygen atoms in total. The van der Waals surface area contributed by atoms with Gasteiger partial charge in [0.25, 0.3) is 0 Å². The van der Waals surface area contributed by atoms with Gasteiger partial charge in [-0.1, -0.05) is 88.2 Å². The SMILES string of the molecule is CCCC(CCC)S(=O)(=O)C[C@H](NC(=O)CCc1ccccc1)C(=O)O[C@H](CNCc1cccc(CC)c1)[C@@H](N)Cc1cc(F)cc(F)c1. The normalized spacial score (nSPS) is 13.5. The van der Waals surface area contributed by atoms with Crippen molar-refractivity contribution in [1.82, 2.24) is 10.6 Å². The third-order valence-corrected chi connectivity index (χ3v) is 10.7. The zero-order valence-electron chi connectivity index (χ0n) is 28.8. The number of amides is 1. The van der Waals surface area contributed by atoms with E-state index in [2.05, 4.69) is 23.6 Å². The van der Waals surface area contributed by atoms with Gasteiger partial charge in [-0.05, 0) is 66.5 Å². The molecule has 0 aliphatic rings. The van der Waals surface area contributed by atoms with E-state index in [1.165, 1.54) is 0 Å². The number of hydrogen-bond acceptors (Lipinski definition) is 7. The van der Waals surface area contributed by atoms with Crippen molar-refractivity contribution in [3.05, 3.63) is 107 Å². The van der Waals surface area contributed by atoms with E-state index in [0.29, 0.717) is 38.6 Å². The van der Waals surface area contributed by atoms with Crippen molar-refractivity contribution in [2.75, 3.05) is 12.3 Å². The Hall–Kier alpha value is -3.67. The molecule has 0 fully saturated rings. The summed E-state index contributed by atoms with van der Waals surface area (Å²) in [5, 5.41) is 5.22. The number of ether oxygens (including phenoxy) is 1. The number of carbonyl (C=O) groups is 2. The maximum atomic E-state index is 14.0. The average Bonchev–Trinajstić information content (AvgIpc) is 3.06. The summed E-state index contributed by atoms with van der Waals surface area (Å²) in [4.78, 5) is 27.0. The van der Waals surface area contributed by atoms with Crippen LogP contribution in [-0.4, -0.2) is 56.0 Å². The molecule has 1 amide bonds. The van der Waals surface area contributed by atoms with Gasteiger partial charge in [-0.25, -0.2) is 22.0 Å². The Bertz CT molecular complexity index is 1560. The maximum absolute atomic E-state index is 14.0. The fraction of sp³-hybridized carbons (Fsp3) is 0.474. The van der Waals surface area contributed by atoms with E-state index in [1.807, 2.05) is 62.4 Å². The molecule has 0 bridgehead atoms. The van der Waals surface area contributed by atoms with Crippen molar-refractivity contribution in [3.8, 4) is 0 Å². The van der Waals surface area contributed by atoms with Crippen LogP contribution in [-0.2, 0) is 50.0 Å². The van der Waals surface area contributed by atoms with Crippen molar-refractivity contribution < 1.29 is 31.5 Å². The minimum Gasteiger partial charge on any atom is -0.458 e. The lowest BCUT2D eigenvalue weighted by Crippen LogP contribution is -2.52. The fourth-order valence-electron chi connectivity index (χ4n) is 5.82. The van der Waals surface area contributed by atoms with Gasteiger partial charge in [-0.3, -0.25) is 4.79 Å². The van der Waals surface area contributed by atoms with Crippen LogP contribution in [0.25, 0.3) is 0 Å². The van der Waals surface area contributed by atoms with Crippen LogP contribution in [0, 0.1) is 11.6 Å². The first kappa shape index (κ1) is 39.8. The number of hydrogen-bond donors (Lipinski definition) is 3. The number of nitrogens with two attached hydrogens (primary N) is 1. The van der Waals surface area contributed by atoms with E-state index in [9.17, 15) is 26.8 Å². The first-order chi connectivity index (χ1) is 23.4. The summed E-state index contributed by atoms with van der Waals surface area (Å²) in [6.45, 7) is 6.35. The second kappa shape index (κ2) is 20.1. The molecular formula is C38H51F2N3O5S. The van der Waals surface area contributed by atoms with Gasteiger partial charge in [0.05, 0.1) is 11.0 Å². The smallest absolute Gasteiger partial charge is 0.330 e. The Kier molecular flexibility index (Phi) is 16.3. The predicted octanol–water partition coefficient (Wildman–Crippen LogP) is 5.60. The molecule has 49 heavy (non-hydrogen) atoms. The summed E-state index contributed by atoms with van der Waals surface area (Å²) in [7, 11) is -3.82. The predicted molar refractivity (Wildman–Crippen MR) is 190 cm³/mol. The molecule has 0 unspecified atom stereocenters. The molecule has 0 spiro atoms. The molecule has 3 atom stereocenters. The van der Waals surface area contributed by atoms with Crippen LogP contribution in [0.4, 0.5) is 8.78 Å². The van der Waals surface area contributed by atoms with Crippen LogP contribution in [0.2, 0.25) is 0 Å². The second-order valence-electron chi connectivity index (χ2n) is 12.6. The van der Waals surface area contributed by atoms with Gasteiger partial charge in [0.15, 0.2) is 9.84 Å². The van der Waals surface area contributed by atoms with Crippen molar-refractivity contribution in [3.63, 3.8) is 0 Å². The molecule has 3 aromatic carbocycles.